The normalized spacial score (nSPS) is 21.1. The number of nitro groups is 1. The van der Waals surface area contributed by atoms with E-state index in [1.54, 1.807) is 45.7 Å². The van der Waals surface area contributed by atoms with E-state index in [0.29, 0.717) is 60.0 Å². The van der Waals surface area contributed by atoms with Crippen molar-refractivity contribution in [3.63, 3.8) is 0 Å². The molecule has 1 unspecified atom stereocenters. The first-order valence-corrected chi connectivity index (χ1v) is 28.6. The van der Waals surface area contributed by atoms with E-state index in [9.17, 15) is 28.4 Å². The molecule has 4 heterocycles. The van der Waals surface area contributed by atoms with E-state index >= 15 is 0 Å². The Bertz CT molecular complexity index is 3240. The molecule has 414 valence electrons. The minimum Gasteiger partial charge on any atom is -0.493 e. The van der Waals surface area contributed by atoms with Gasteiger partial charge in [-0.3, -0.25) is 24.7 Å². The van der Waals surface area contributed by atoms with Crippen LogP contribution in [-0.4, -0.2) is 116 Å². The Morgan fingerprint density at radius 1 is 0.897 bits per heavy atom. The lowest BCUT2D eigenvalue weighted by Gasteiger charge is -2.58. The molecule has 10 rings (SSSR count). The average molecular weight is 1090 g/mol. The van der Waals surface area contributed by atoms with Crippen LogP contribution in [0.2, 0.25) is 0 Å². The highest BCUT2D eigenvalue weighted by Gasteiger charge is 2.50. The predicted molar refractivity (Wildman–Crippen MR) is 300 cm³/mol. The molecule has 4 aromatic carbocycles. The minimum absolute atomic E-state index is 0.0387. The van der Waals surface area contributed by atoms with E-state index in [-0.39, 0.29) is 34.4 Å². The van der Waals surface area contributed by atoms with E-state index < -0.39 is 37.0 Å². The molecule has 4 aliphatic rings. The zero-order chi connectivity index (χ0) is 54.9. The van der Waals surface area contributed by atoms with Crippen LogP contribution >= 0.6 is 0 Å². The quantitative estimate of drug-likeness (QED) is 0.0466. The monoisotopic (exact) mass is 1080 g/mol. The Balaban J connectivity index is 0.833. The van der Waals surface area contributed by atoms with Crippen molar-refractivity contribution < 1.29 is 42.2 Å². The Kier molecular flexibility index (Phi) is 15.7. The number of nitrogens with one attached hydrogen (secondary N) is 3. The summed E-state index contributed by atoms with van der Waals surface area (Å²) in [5, 5.41) is 26.5. The number of benzene rings is 4. The van der Waals surface area contributed by atoms with Gasteiger partial charge in [-0.15, -0.1) is 0 Å². The number of ether oxygens (including phenoxy) is 4. The fourth-order valence-corrected chi connectivity index (χ4v) is 13.4. The van der Waals surface area contributed by atoms with Crippen molar-refractivity contribution in [1.82, 2.24) is 24.5 Å². The Hall–Kier alpha value is -6.93. The molecule has 1 spiro atoms. The summed E-state index contributed by atoms with van der Waals surface area (Å²) >= 11 is 0. The number of carbonyl (C=O) groups excluding carboxylic acids is 1. The molecule has 1 amide bonds. The molecule has 6 aromatic rings. The fourth-order valence-electron chi connectivity index (χ4n) is 12.4. The topological polar surface area (TPSA) is 214 Å². The summed E-state index contributed by atoms with van der Waals surface area (Å²) < 4.78 is 53.4. The highest BCUT2D eigenvalue weighted by Crippen LogP contribution is 2.54. The zero-order valence-corrected chi connectivity index (χ0v) is 46.2. The van der Waals surface area contributed by atoms with E-state index in [2.05, 4.69) is 72.8 Å². The maximum atomic E-state index is 14.2. The molecular formula is C59H72N8O10S. The number of H-pyrrole nitrogens is 1. The molecule has 0 radical (unpaired) electrons. The number of piperidine rings is 1. The molecule has 2 aliphatic carbocycles. The van der Waals surface area contributed by atoms with Gasteiger partial charge in [-0.1, -0.05) is 38.1 Å². The summed E-state index contributed by atoms with van der Waals surface area (Å²) in [6.07, 6.45) is 10.3. The Labute approximate surface area is 456 Å². The molecule has 78 heavy (non-hydrogen) atoms. The summed E-state index contributed by atoms with van der Waals surface area (Å²) in [6, 6.07) is 26.0. The van der Waals surface area contributed by atoms with Crippen LogP contribution in [0.15, 0.2) is 102 Å². The number of aromatic nitrogens is 2. The van der Waals surface area contributed by atoms with Crippen molar-refractivity contribution in [3.8, 4) is 28.7 Å². The molecule has 0 bridgehead atoms. The van der Waals surface area contributed by atoms with Crippen molar-refractivity contribution in [2.24, 2.45) is 11.3 Å². The van der Waals surface area contributed by atoms with Crippen LogP contribution in [-0.2, 0) is 16.6 Å². The maximum Gasteiger partial charge on any atom is 0.293 e. The first kappa shape index (κ1) is 54.4. The molecule has 18 nitrogen and oxygen atoms in total. The van der Waals surface area contributed by atoms with Crippen LogP contribution < -0.4 is 33.9 Å². The van der Waals surface area contributed by atoms with E-state index in [1.807, 2.05) is 31.2 Å². The molecule has 2 aromatic heterocycles. The predicted octanol–water partition coefficient (Wildman–Crippen LogP) is 10.2. The minimum atomic E-state index is -4.60. The number of piperazine rings is 1. The van der Waals surface area contributed by atoms with Crippen molar-refractivity contribution >= 4 is 44.0 Å². The number of aliphatic hydroxyl groups is 1. The van der Waals surface area contributed by atoms with Crippen molar-refractivity contribution in [2.45, 2.75) is 107 Å². The number of fused-ring (bicyclic) bond motifs is 1. The lowest BCUT2D eigenvalue weighted by molar-refractivity contribution is -0.384. The van der Waals surface area contributed by atoms with Gasteiger partial charge in [0, 0.05) is 87.3 Å². The van der Waals surface area contributed by atoms with Crippen LogP contribution in [0.25, 0.3) is 11.0 Å². The number of sulfonamides is 1. The first-order chi connectivity index (χ1) is 37.4. The van der Waals surface area contributed by atoms with Crippen molar-refractivity contribution in [3.05, 3.63) is 130 Å². The van der Waals surface area contributed by atoms with Crippen LogP contribution in [0.3, 0.4) is 0 Å². The smallest absolute Gasteiger partial charge is 0.293 e. The number of carbonyl (C=O) groups is 1. The molecule has 2 saturated heterocycles. The molecule has 19 heteroatoms. The van der Waals surface area contributed by atoms with Gasteiger partial charge in [0.15, 0.2) is 11.5 Å². The van der Waals surface area contributed by atoms with Crippen LogP contribution in [0.1, 0.15) is 111 Å². The second-order valence-corrected chi connectivity index (χ2v) is 24.1. The molecule has 2 saturated carbocycles. The molecule has 1 atom stereocenters. The number of nitro benzene ring substituents is 1. The number of rotatable bonds is 18. The maximum absolute atomic E-state index is 14.2. The average Bonchev–Trinajstić information content (AvgIpc) is 4.06. The summed E-state index contributed by atoms with van der Waals surface area (Å²) in [4.78, 5) is 40.5. The number of hydrogen-bond donors (Lipinski definition) is 4. The number of methoxy groups -OCH3 is 3. The number of pyridine rings is 1. The third-order valence-corrected chi connectivity index (χ3v) is 18.2. The zero-order valence-electron chi connectivity index (χ0n) is 45.4. The van der Waals surface area contributed by atoms with Gasteiger partial charge in [-0.25, -0.2) is 18.1 Å². The van der Waals surface area contributed by atoms with Gasteiger partial charge in [-0.05, 0) is 141 Å². The number of amides is 1. The van der Waals surface area contributed by atoms with Gasteiger partial charge in [-0.2, -0.15) is 0 Å². The molecule has 4 N–H and O–H groups in total. The molecule has 2 aliphatic heterocycles. The lowest BCUT2D eigenvalue weighted by atomic mass is 9.59. The van der Waals surface area contributed by atoms with Gasteiger partial charge < -0.3 is 39.3 Å². The number of anilines is 2. The van der Waals surface area contributed by atoms with Crippen LogP contribution in [0.5, 0.6) is 28.7 Å². The van der Waals surface area contributed by atoms with Gasteiger partial charge in [0.1, 0.15) is 22.8 Å². The largest absolute Gasteiger partial charge is 0.493 e. The van der Waals surface area contributed by atoms with Crippen LogP contribution in [0, 0.1) is 21.4 Å². The first-order valence-electron chi connectivity index (χ1n) is 27.1. The number of nitrogens with zero attached hydrogens (tertiary/aromatic N) is 5. The third kappa shape index (κ3) is 11.6. The molecule has 4 fully saturated rings. The number of aromatic amines is 1. The summed E-state index contributed by atoms with van der Waals surface area (Å²) in [6.45, 7) is 11.9. The summed E-state index contributed by atoms with van der Waals surface area (Å²) in [5.41, 5.74) is 4.54. The van der Waals surface area contributed by atoms with E-state index in [0.717, 1.165) is 100 Å². The highest BCUT2D eigenvalue weighted by atomic mass is 32.2. The fraction of sp³-hybridized carbons (Fsp3) is 0.458. The van der Waals surface area contributed by atoms with Gasteiger partial charge in [0.25, 0.3) is 21.6 Å². The van der Waals surface area contributed by atoms with E-state index in [4.69, 9.17) is 18.9 Å². The van der Waals surface area contributed by atoms with E-state index in [1.165, 1.54) is 29.5 Å². The summed E-state index contributed by atoms with van der Waals surface area (Å²) in [7, 11) is 0.322. The highest BCUT2D eigenvalue weighted by molar-refractivity contribution is 7.90. The molecular weight excluding hydrogens is 1010 g/mol. The van der Waals surface area contributed by atoms with Gasteiger partial charge >= 0.3 is 0 Å². The Morgan fingerprint density at radius 2 is 1.63 bits per heavy atom. The second kappa shape index (κ2) is 22.4. The Morgan fingerprint density at radius 3 is 2.32 bits per heavy atom. The van der Waals surface area contributed by atoms with Gasteiger partial charge in [0.05, 0.1) is 48.5 Å². The van der Waals surface area contributed by atoms with Crippen LogP contribution in [0.4, 0.5) is 17.1 Å². The summed E-state index contributed by atoms with van der Waals surface area (Å²) in [5.74, 6) is 1.98. The second-order valence-electron chi connectivity index (χ2n) is 22.4. The van der Waals surface area contributed by atoms with Crippen molar-refractivity contribution in [1.29, 1.82) is 0 Å². The third-order valence-electron chi connectivity index (χ3n) is 16.9. The standard InChI is InChI=1S/C59H72N8O10S/c1-38(2)46-9-7-8-10-47(46)51-37-64(36-40-27-53(74-4)55(76-6)54(28-40)75-5)25-26-66(51)43-32-59(33-43)20-23-65(24-21-59)42-11-13-48(52(30-42)77-44-29-41-17-22-60-56(41)62-35-44)57(68)63-78(72,73)45-12-14-49(50(31-45)67(70)71)61-34-39-15-18-58(3,69)19-16-39/h7-14,17,22,27-31,35,38-39,43,51,61,69H,15-16,18-21,23-26,32-34,36-37H2,1-6H3,(H,60,62)(H,63,68)/t39-,51?,58-. The lowest BCUT2D eigenvalue weighted by Crippen LogP contribution is -2.60. The van der Waals surface area contributed by atoms with Crippen molar-refractivity contribution in [2.75, 3.05) is 70.8 Å². The number of hydrogen-bond acceptors (Lipinski definition) is 15. The SMILES string of the molecule is COc1cc(CN2CCN(C3CC4(CCN(c5ccc(C(=O)NS(=O)(=O)c6ccc(NC[C@H]7CC[C@](C)(O)CC7)c([N+](=O)[O-])c6)c(Oc6cnc7[nH]ccc7c6)c5)CC4)C3)C(c3ccccc3C(C)C)C2)cc(OC)c1OC. The van der Waals surface area contributed by atoms with Gasteiger partial charge in [0.2, 0.25) is 5.75 Å².